The van der Waals surface area contributed by atoms with Gasteiger partial charge in [-0.25, -0.2) is 4.79 Å². The highest BCUT2D eigenvalue weighted by molar-refractivity contribution is 5.98. The van der Waals surface area contributed by atoms with Crippen LogP contribution in [0.25, 0.3) is 0 Å². The van der Waals surface area contributed by atoms with E-state index >= 15 is 0 Å². The summed E-state index contributed by atoms with van der Waals surface area (Å²) in [6.45, 7) is 5.35. The van der Waals surface area contributed by atoms with Crippen molar-refractivity contribution in [3.05, 3.63) is 23.8 Å². The van der Waals surface area contributed by atoms with Crippen molar-refractivity contribution in [2.75, 3.05) is 51.0 Å². The Morgan fingerprint density at radius 2 is 2.29 bits per heavy atom. The number of nitrogens with zero attached hydrogens (tertiary/aromatic N) is 2. The van der Waals surface area contributed by atoms with Crippen LogP contribution in [0.3, 0.4) is 0 Å². The largest absolute Gasteiger partial charge is 0.462 e. The van der Waals surface area contributed by atoms with E-state index in [-0.39, 0.29) is 5.97 Å². The topological polar surface area (TPSA) is 58.8 Å². The van der Waals surface area contributed by atoms with Gasteiger partial charge in [0.15, 0.2) is 0 Å². The molecule has 1 saturated heterocycles. The number of benzene rings is 1. The van der Waals surface area contributed by atoms with Gasteiger partial charge in [0.05, 0.1) is 23.5 Å². The Balaban J connectivity index is 2.12. The van der Waals surface area contributed by atoms with E-state index in [4.69, 9.17) is 10.5 Å². The van der Waals surface area contributed by atoms with Crippen molar-refractivity contribution in [3.8, 4) is 0 Å². The summed E-state index contributed by atoms with van der Waals surface area (Å²) in [5.41, 5.74) is 8.02. The van der Waals surface area contributed by atoms with E-state index in [1.54, 1.807) is 13.0 Å². The van der Waals surface area contributed by atoms with Crippen molar-refractivity contribution < 1.29 is 9.53 Å². The molecule has 2 rings (SSSR count). The van der Waals surface area contributed by atoms with Crippen LogP contribution in [0, 0.1) is 5.92 Å². The lowest BCUT2D eigenvalue weighted by Crippen LogP contribution is -2.28. The van der Waals surface area contributed by atoms with Gasteiger partial charge in [0.25, 0.3) is 0 Å². The van der Waals surface area contributed by atoms with Crippen LogP contribution in [0.2, 0.25) is 0 Å². The highest BCUT2D eigenvalue weighted by Gasteiger charge is 2.22. The van der Waals surface area contributed by atoms with Crippen molar-refractivity contribution in [2.45, 2.75) is 13.3 Å². The van der Waals surface area contributed by atoms with Gasteiger partial charge in [-0.15, -0.1) is 0 Å². The molecule has 0 aromatic heterocycles. The SMILES string of the molecule is CCOC(=O)c1cccc(N(C)CC2CCN(C)C2)c1N. The Bertz CT molecular complexity index is 504. The normalized spacial score (nSPS) is 18.7. The van der Waals surface area contributed by atoms with Gasteiger partial charge in [-0.2, -0.15) is 0 Å². The van der Waals surface area contributed by atoms with Crippen molar-refractivity contribution in [3.63, 3.8) is 0 Å². The zero-order valence-electron chi connectivity index (χ0n) is 13.1. The quantitative estimate of drug-likeness (QED) is 0.662. The lowest BCUT2D eigenvalue weighted by atomic mass is 10.1. The van der Waals surface area contributed by atoms with Crippen LogP contribution in [-0.2, 0) is 4.74 Å². The molecule has 0 saturated carbocycles. The molecule has 1 heterocycles. The molecule has 0 aliphatic carbocycles. The third-order valence-electron chi connectivity index (χ3n) is 4.01. The third kappa shape index (κ3) is 3.67. The van der Waals surface area contributed by atoms with Crippen LogP contribution < -0.4 is 10.6 Å². The summed E-state index contributed by atoms with van der Waals surface area (Å²) in [5, 5.41) is 0. The molecule has 2 N–H and O–H groups in total. The third-order valence-corrected chi connectivity index (χ3v) is 4.01. The minimum atomic E-state index is -0.356. The molecule has 1 aliphatic heterocycles. The standard InChI is InChI=1S/C16H25N3O2/c1-4-21-16(20)13-6-5-7-14(15(13)17)19(3)11-12-8-9-18(2)10-12/h5-7,12H,4,8-11,17H2,1-3H3. The number of anilines is 2. The van der Waals surface area contributed by atoms with E-state index in [0.29, 0.717) is 23.8 Å². The van der Waals surface area contributed by atoms with Crippen LogP contribution in [0.4, 0.5) is 11.4 Å². The van der Waals surface area contributed by atoms with Gasteiger partial charge in [0.1, 0.15) is 0 Å². The maximum atomic E-state index is 11.9. The summed E-state index contributed by atoms with van der Waals surface area (Å²) in [7, 11) is 4.18. The van der Waals surface area contributed by atoms with Crippen LogP contribution in [0.15, 0.2) is 18.2 Å². The Kier molecular flexibility index (Phi) is 5.07. The first kappa shape index (κ1) is 15.6. The van der Waals surface area contributed by atoms with Gasteiger partial charge in [0, 0.05) is 20.1 Å². The summed E-state index contributed by atoms with van der Waals surface area (Å²) in [6, 6.07) is 5.53. The van der Waals surface area contributed by atoms with E-state index in [1.165, 1.54) is 6.42 Å². The molecule has 1 atom stereocenters. The van der Waals surface area contributed by atoms with E-state index < -0.39 is 0 Å². The second-order valence-electron chi connectivity index (χ2n) is 5.76. The summed E-state index contributed by atoms with van der Waals surface area (Å²) in [5.74, 6) is 0.288. The molecular weight excluding hydrogens is 266 g/mol. The fourth-order valence-corrected chi connectivity index (χ4v) is 2.93. The Hall–Kier alpha value is -1.75. The predicted octanol–water partition coefficient (Wildman–Crippen LogP) is 1.83. The number of esters is 1. The number of nitrogens with two attached hydrogens (primary N) is 1. The van der Waals surface area contributed by atoms with Crippen LogP contribution in [-0.4, -0.2) is 51.2 Å². The molecule has 0 radical (unpaired) electrons. The number of carbonyl (C=O) groups excluding carboxylic acids is 1. The number of ether oxygens (including phenoxy) is 1. The van der Waals surface area contributed by atoms with Gasteiger partial charge in [-0.1, -0.05) is 6.07 Å². The zero-order chi connectivity index (χ0) is 15.4. The fraction of sp³-hybridized carbons (Fsp3) is 0.562. The van der Waals surface area contributed by atoms with Gasteiger partial charge in [-0.3, -0.25) is 0 Å². The fourth-order valence-electron chi connectivity index (χ4n) is 2.93. The Labute approximate surface area is 126 Å². The number of likely N-dealkylation sites (tertiary alicyclic amines) is 1. The maximum Gasteiger partial charge on any atom is 0.340 e. The first-order chi connectivity index (χ1) is 10.0. The van der Waals surface area contributed by atoms with Gasteiger partial charge < -0.3 is 20.3 Å². The molecule has 0 spiro atoms. The number of carbonyl (C=O) groups is 1. The number of hydrogen-bond acceptors (Lipinski definition) is 5. The van der Waals surface area contributed by atoms with Crippen LogP contribution in [0.5, 0.6) is 0 Å². The van der Waals surface area contributed by atoms with E-state index in [1.807, 2.05) is 19.2 Å². The smallest absolute Gasteiger partial charge is 0.340 e. The average Bonchev–Trinajstić information content (AvgIpc) is 2.84. The Morgan fingerprint density at radius 1 is 1.52 bits per heavy atom. The lowest BCUT2D eigenvalue weighted by molar-refractivity contribution is 0.0527. The predicted molar refractivity (Wildman–Crippen MR) is 85.7 cm³/mol. The molecule has 0 bridgehead atoms. The highest BCUT2D eigenvalue weighted by Crippen LogP contribution is 2.28. The first-order valence-electron chi connectivity index (χ1n) is 7.48. The van der Waals surface area contributed by atoms with E-state index in [9.17, 15) is 4.79 Å². The van der Waals surface area contributed by atoms with Crippen LogP contribution in [0.1, 0.15) is 23.7 Å². The minimum absolute atomic E-state index is 0.354. The summed E-state index contributed by atoms with van der Waals surface area (Å²) in [4.78, 5) is 16.4. The van der Waals surface area contributed by atoms with Gasteiger partial charge in [-0.05, 0) is 45.0 Å². The van der Waals surface area contributed by atoms with Crippen molar-refractivity contribution in [1.29, 1.82) is 0 Å². The summed E-state index contributed by atoms with van der Waals surface area (Å²) < 4.78 is 5.05. The van der Waals surface area contributed by atoms with Crippen molar-refractivity contribution >= 4 is 17.3 Å². The second kappa shape index (κ2) is 6.80. The molecule has 0 amide bonds. The molecule has 1 fully saturated rings. The average molecular weight is 291 g/mol. The number of nitrogen functional groups attached to an aromatic ring is 1. The van der Waals surface area contributed by atoms with Gasteiger partial charge in [0.2, 0.25) is 0 Å². The molecule has 116 valence electrons. The lowest BCUT2D eigenvalue weighted by Gasteiger charge is -2.25. The number of para-hydroxylation sites is 1. The van der Waals surface area contributed by atoms with E-state index in [0.717, 1.165) is 25.3 Å². The van der Waals surface area contributed by atoms with Crippen LogP contribution >= 0.6 is 0 Å². The first-order valence-corrected chi connectivity index (χ1v) is 7.48. The highest BCUT2D eigenvalue weighted by atomic mass is 16.5. The molecule has 5 nitrogen and oxygen atoms in total. The molecule has 1 unspecified atom stereocenters. The molecule has 1 aromatic rings. The zero-order valence-corrected chi connectivity index (χ0v) is 13.1. The van der Waals surface area contributed by atoms with E-state index in [2.05, 4.69) is 16.8 Å². The summed E-state index contributed by atoms with van der Waals surface area (Å²) in [6.07, 6.45) is 1.21. The Morgan fingerprint density at radius 3 is 2.90 bits per heavy atom. The molecular formula is C16H25N3O2. The molecule has 21 heavy (non-hydrogen) atoms. The number of rotatable bonds is 5. The monoisotopic (exact) mass is 291 g/mol. The molecule has 1 aromatic carbocycles. The van der Waals surface area contributed by atoms with Crippen molar-refractivity contribution in [1.82, 2.24) is 4.90 Å². The molecule has 1 aliphatic rings. The second-order valence-corrected chi connectivity index (χ2v) is 5.76. The maximum absolute atomic E-state index is 11.9. The van der Waals surface area contributed by atoms with Crippen molar-refractivity contribution in [2.24, 2.45) is 5.92 Å². The minimum Gasteiger partial charge on any atom is -0.462 e. The molecule has 5 heteroatoms. The number of hydrogen-bond donors (Lipinski definition) is 1. The summed E-state index contributed by atoms with van der Waals surface area (Å²) >= 11 is 0. The van der Waals surface area contributed by atoms with Gasteiger partial charge >= 0.3 is 5.97 Å².